The van der Waals surface area contributed by atoms with Gasteiger partial charge in [-0.05, 0) is 23.3 Å². The lowest BCUT2D eigenvalue weighted by Gasteiger charge is -2.00. The summed E-state index contributed by atoms with van der Waals surface area (Å²) in [5, 5.41) is 0. The number of aromatic nitrogens is 3. The van der Waals surface area contributed by atoms with E-state index in [0.717, 1.165) is 37.3 Å². The smallest absolute Gasteiger partial charge is 0.152 e. The zero-order valence-electron chi connectivity index (χ0n) is 12.1. The average Bonchev–Trinajstić information content (AvgIpc) is 3.11. The van der Waals surface area contributed by atoms with E-state index in [0.29, 0.717) is 12.4 Å². The van der Waals surface area contributed by atoms with Crippen molar-refractivity contribution in [3.63, 3.8) is 0 Å². The van der Waals surface area contributed by atoms with Gasteiger partial charge in [-0.1, -0.05) is 18.2 Å². The van der Waals surface area contributed by atoms with Gasteiger partial charge >= 0.3 is 0 Å². The van der Waals surface area contributed by atoms with Gasteiger partial charge < -0.3 is 16.0 Å². The first-order valence-electron chi connectivity index (χ1n) is 6.97. The molecule has 3 heterocycles. The molecular formula is C16H15N5S. The lowest BCUT2D eigenvalue weighted by atomic mass is 10.1. The topological polar surface area (TPSA) is 82.8 Å². The zero-order valence-corrected chi connectivity index (χ0v) is 12.9. The molecule has 110 valence electrons. The van der Waals surface area contributed by atoms with E-state index in [1.54, 1.807) is 17.7 Å². The number of rotatable bonds is 2. The number of imidazole rings is 1. The standard InChI is InChI=1S/C16H15N5S/c1-21-8-19-13-14(21)15-11(20-16(13)18)6-12(22-15)10-4-2-3-9(5-10)7-17/h2-6,8H,7,17H2,1H3,(H2,18,20). The number of anilines is 1. The number of nitrogen functional groups attached to an aromatic ring is 1. The van der Waals surface area contributed by atoms with Gasteiger partial charge in [0.1, 0.15) is 5.52 Å². The van der Waals surface area contributed by atoms with Crippen molar-refractivity contribution in [3.05, 3.63) is 42.2 Å². The van der Waals surface area contributed by atoms with Crippen molar-refractivity contribution in [1.29, 1.82) is 0 Å². The second-order valence-corrected chi connectivity index (χ2v) is 6.33. The predicted octanol–water partition coefficient (Wildman–Crippen LogP) is 2.89. The molecule has 0 bridgehead atoms. The highest BCUT2D eigenvalue weighted by Crippen LogP contribution is 2.37. The van der Waals surface area contributed by atoms with Gasteiger partial charge in [0.05, 0.1) is 22.1 Å². The fraction of sp³-hybridized carbons (Fsp3) is 0.125. The maximum atomic E-state index is 6.03. The molecule has 5 nitrogen and oxygen atoms in total. The number of hydrogen-bond donors (Lipinski definition) is 2. The molecule has 0 saturated heterocycles. The van der Waals surface area contributed by atoms with Gasteiger partial charge in [0.15, 0.2) is 5.82 Å². The number of pyridine rings is 1. The Hall–Kier alpha value is -2.44. The van der Waals surface area contributed by atoms with Gasteiger partial charge in [-0.2, -0.15) is 0 Å². The van der Waals surface area contributed by atoms with Crippen LogP contribution < -0.4 is 11.5 Å². The van der Waals surface area contributed by atoms with Crippen LogP contribution >= 0.6 is 11.3 Å². The molecule has 0 aliphatic rings. The molecule has 0 fully saturated rings. The Bertz CT molecular complexity index is 999. The number of thiophene rings is 1. The maximum absolute atomic E-state index is 6.03. The third kappa shape index (κ3) is 1.88. The summed E-state index contributed by atoms with van der Waals surface area (Å²) in [4.78, 5) is 9.99. The fourth-order valence-electron chi connectivity index (χ4n) is 2.70. The minimum Gasteiger partial charge on any atom is -0.382 e. The molecule has 0 spiro atoms. The summed E-state index contributed by atoms with van der Waals surface area (Å²) in [5.41, 5.74) is 16.7. The highest BCUT2D eigenvalue weighted by atomic mass is 32.1. The summed E-state index contributed by atoms with van der Waals surface area (Å²) in [6.07, 6.45) is 1.77. The van der Waals surface area contributed by atoms with E-state index in [1.807, 2.05) is 23.7 Å². The molecule has 4 N–H and O–H groups in total. The van der Waals surface area contributed by atoms with Gasteiger partial charge in [-0.15, -0.1) is 11.3 Å². The van der Waals surface area contributed by atoms with Crippen molar-refractivity contribution >= 4 is 38.4 Å². The van der Waals surface area contributed by atoms with Crippen molar-refractivity contribution in [2.45, 2.75) is 6.54 Å². The summed E-state index contributed by atoms with van der Waals surface area (Å²) in [6, 6.07) is 10.4. The van der Waals surface area contributed by atoms with Gasteiger partial charge in [0.25, 0.3) is 0 Å². The summed E-state index contributed by atoms with van der Waals surface area (Å²) in [5.74, 6) is 0.475. The van der Waals surface area contributed by atoms with Crippen molar-refractivity contribution in [3.8, 4) is 10.4 Å². The molecule has 6 heteroatoms. The second-order valence-electron chi connectivity index (χ2n) is 5.28. The van der Waals surface area contributed by atoms with Crippen molar-refractivity contribution in [2.75, 3.05) is 5.73 Å². The summed E-state index contributed by atoms with van der Waals surface area (Å²) >= 11 is 1.71. The molecular weight excluding hydrogens is 294 g/mol. The molecule has 4 rings (SSSR count). The number of nitrogens with zero attached hydrogens (tertiary/aromatic N) is 3. The van der Waals surface area contributed by atoms with E-state index >= 15 is 0 Å². The van der Waals surface area contributed by atoms with Gasteiger partial charge in [-0.25, -0.2) is 9.97 Å². The molecule has 3 aromatic heterocycles. The molecule has 22 heavy (non-hydrogen) atoms. The minimum absolute atomic E-state index is 0.475. The van der Waals surface area contributed by atoms with E-state index in [2.05, 4.69) is 28.2 Å². The normalized spacial score (nSPS) is 11.5. The molecule has 4 aromatic rings. The molecule has 0 amide bonds. The Morgan fingerprint density at radius 2 is 2.14 bits per heavy atom. The second kappa shape index (κ2) is 4.79. The van der Waals surface area contributed by atoms with E-state index in [1.165, 1.54) is 0 Å². The monoisotopic (exact) mass is 309 g/mol. The number of fused-ring (bicyclic) bond motifs is 3. The SMILES string of the molecule is Cn1cnc2c(N)nc3cc(-c4cccc(CN)c4)sc3c21. The van der Waals surface area contributed by atoms with Crippen molar-refractivity contribution < 1.29 is 0 Å². The molecule has 0 atom stereocenters. The highest BCUT2D eigenvalue weighted by Gasteiger charge is 2.14. The van der Waals surface area contributed by atoms with E-state index in [9.17, 15) is 0 Å². The molecule has 0 saturated carbocycles. The Morgan fingerprint density at radius 3 is 2.95 bits per heavy atom. The first kappa shape index (κ1) is 13.2. The van der Waals surface area contributed by atoms with Crippen LogP contribution in [-0.2, 0) is 13.6 Å². The van der Waals surface area contributed by atoms with Crippen LogP contribution in [0.5, 0.6) is 0 Å². The van der Waals surface area contributed by atoms with Crippen LogP contribution in [0.4, 0.5) is 5.82 Å². The van der Waals surface area contributed by atoms with Crippen LogP contribution in [0.1, 0.15) is 5.56 Å². The maximum Gasteiger partial charge on any atom is 0.152 e. The van der Waals surface area contributed by atoms with E-state index < -0.39 is 0 Å². The van der Waals surface area contributed by atoms with Crippen LogP contribution in [0.2, 0.25) is 0 Å². The number of hydrogen-bond acceptors (Lipinski definition) is 5. The van der Waals surface area contributed by atoms with Crippen LogP contribution in [0.15, 0.2) is 36.7 Å². The summed E-state index contributed by atoms with van der Waals surface area (Å²) < 4.78 is 3.10. The van der Waals surface area contributed by atoms with Gasteiger partial charge in [0.2, 0.25) is 0 Å². The Morgan fingerprint density at radius 1 is 1.27 bits per heavy atom. The quantitative estimate of drug-likeness (QED) is 0.596. The molecule has 0 aliphatic carbocycles. The molecule has 0 aliphatic heterocycles. The predicted molar refractivity (Wildman–Crippen MR) is 91.6 cm³/mol. The molecule has 1 aromatic carbocycles. The van der Waals surface area contributed by atoms with Crippen LogP contribution in [0.25, 0.3) is 31.7 Å². The average molecular weight is 309 g/mol. The largest absolute Gasteiger partial charge is 0.382 e. The Labute approximate surface area is 131 Å². The first-order valence-corrected chi connectivity index (χ1v) is 7.78. The van der Waals surface area contributed by atoms with Crippen LogP contribution in [0.3, 0.4) is 0 Å². The summed E-state index contributed by atoms with van der Waals surface area (Å²) in [7, 11) is 1.97. The van der Waals surface area contributed by atoms with Gasteiger partial charge in [0, 0.05) is 18.5 Å². The molecule has 0 unspecified atom stereocenters. The van der Waals surface area contributed by atoms with Crippen LogP contribution in [0, 0.1) is 0 Å². The third-order valence-electron chi connectivity index (χ3n) is 3.80. The van der Waals surface area contributed by atoms with Crippen molar-refractivity contribution in [1.82, 2.24) is 14.5 Å². The number of aryl methyl sites for hydroxylation is 1. The summed E-state index contributed by atoms with van der Waals surface area (Å²) in [6.45, 7) is 0.538. The van der Waals surface area contributed by atoms with Crippen LogP contribution in [-0.4, -0.2) is 14.5 Å². The van der Waals surface area contributed by atoms with E-state index in [4.69, 9.17) is 11.5 Å². The first-order chi connectivity index (χ1) is 10.7. The Kier molecular flexibility index (Phi) is 2.88. The molecule has 0 radical (unpaired) electrons. The number of benzene rings is 1. The fourth-order valence-corrected chi connectivity index (χ4v) is 3.88. The third-order valence-corrected chi connectivity index (χ3v) is 4.98. The lowest BCUT2D eigenvalue weighted by molar-refractivity contribution is 0.951. The Balaban J connectivity index is 2.01. The van der Waals surface area contributed by atoms with Crippen molar-refractivity contribution in [2.24, 2.45) is 12.8 Å². The van der Waals surface area contributed by atoms with E-state index in [-0.39, 0.29) is 0 Å². The zero-order chi connectivity index (χ0) is 15.3. The minimum atomic E-state index is 0.475. The number of nitrogens with two attached hydrogens (primary N) is 2. The van der Waals surface area contributed by atoms with Gasteiger partial charge in [-0.3, -0.25) is 0 Å². The highest BCUT2D eigenvalue weighted by molar-refractivity contribution is 7.23. The lowest BCUT2D eigenvalue weighted by Crippen LogP contribution is -1.95.